The summed E-state index contributed by atoms with van der Waals surface area (Å²) >= 11 is 1.33. The molecule has 0 aliphatic heterocycles. The molecule has 0 amide bonds. The molecule has 10 heteroatoms. The van der Waals surface area contributed by atoms with Crippen LogP contribution in [0.25, 0.3) is 32.9 Å². The smallest absolute Gasteiger partial charge is 0.416 e. The largest absolute Gasteiger partial charge is 0.486 e. The SMILES string of the molecule is Cc1cc(OCc2nc(-c3ccc(C(F)(F)F)cc3)c(-c3cc4ccccc4o3)s2)ccc1OCC(=O)O. The first-order chi connectivity index (χ1) is 18.2. The minimum atomic E-state index is -4.44. The van der Waals surface area contributed by atoms with Crippen molar-refractivity contribution in [3.63, 3.8) is 0 Å². The van der Waals surface area contributed by atoms with Crippen molar-refractivity contribution in [3.8, 4) is 33.4 Å². The van der Waals surface area contributed by atoms with Crippen LogP contribution < -0.4 is 9.47 Å². The lowest BCUT2D eigenvalue weighted by atomic mass is 10.1. The highest BCUT2D eigenvalue weighted by Gasteiger charge is 2.30. The first-order valence-corrected chi connectivity index (χ1v) is 12.2. The van der Waals surface area contributed by atoms with Gasteiger partial charge >= 0.3 is 12.1 Å². The van der Waals surface area contributed by atoms with Crippen LogP contribution >= 0.6 is 11.3 Å². The van der Waals surface area contributed by atoms with Crippen LogP contribution in [0.15, 0.2) is 77.2 Å². The Morgan fingerprint density at radius 3 is 2.47 bits per heavy atom. The van der Waals surface area contributed by atoms with Crippen LogP contribution in [0.1, 0.15) is 16.1 Å². The van der Waals surface area contributed by atoms with E-state index in [1.54, 1.807) is 25.1 Å². The fourth-order valence-electron chi connectivity index (χ4n) is 3.86. The molecule has 0 aliphatic rings. The normalized spacial score (nSPS) is 11.6. The van der Waals surface area contributed by atoms with Crippen LogP contribution in [0.3, 0.4) is 0 Å². The Hall–Kier alpha value is -4.31. The second kappa shape index (κ2) is 10.2. The van der Waals surface area contributed by atoms with Gasteiger partial charge in [0.2, 0.25) is 0 Å². The molecule has 2 aromatic heterocycles. The maximum absolute atomic E-state index is 13.1. The number of aliphatic carboxylic acids is 1. The number of aryl methyl sites for hydroxylation is 1. The van der Waals surface area contributed by atoms with Crippen LogP contribution in [-0.4, -0.2) is 22.7 Å². The zero-order valence-corrected chi connectivity index (χ0v) is 20.7. The first-order valence-electron chi connectivity index (χ1n) is 11.4. The quantitative estimate of drug-likeness (QED) is 0.219. The van der Waals surface area contributed by atoms with Gasteiger partial charge < -0.3 is 19.0 Å². The Morgan fingerprint density at radius 1 is 1.03 bits per heavy atom. The zero-order chi connectivity index (χ0) is 26.9. The summed E-state index contributed by atoms with van der Waals surface area (Å²) in [5, 5.41) is 10.3. The molecule has 5 rings (SSSR count). The highest BCUT2D eigenvalue weighted by atomic mass is 32.1. The van der Waals surface area contributed by atoms with E-state index in [0.29, 0.717) is 49.5 Å². The number of aromatic nitrogens is 1. The number of hydrogen-bond donors (Lipinski definition) is 1. The summed E-state index contributed by atoms with van der Waals surface area (Å²) in [5.41, 5.74) is 1.67. The molecule has 0 radical (unpaired) electrons. The molecular weight excluding hydrogens is 519 g/mol. The number of thiazole rings is 1. The van der Waals surface area contributed by atoms with Crippen molar-refractivity contribution in [3.05, 3.63) is 88.9 Å². The fraction of sp³-hybridized carbons (Fsp3) is 0.143. The van der Waals surface area contributed by atoms with Crippen molar-refractivity contribution >= 4 is 28.3 Å². The first kappa shape index (κ1) is 25.3. The minimum absolute atomic E-state index is 0.104. The highest BCUT2D eigenvalue weighted by molar-refractivity contribution is 7.15. The molecule has 0 spiro atoms. The van der Waals surface area contributed by atoms with Gasteiger partial charge in [0.05, 0.1) is 16.1 Å². The molecule has 1 N–H and O–H groups in total. The summed E-state index contributed by atoms with van der Waals surface area (Å²) in [7, 11) is 0. The van der Waals surface area contributed by atoms with Crippen LogP contribution in [0, 0.1) is 6.92 Å². The summed E-state index contributed by atoms with van der Waals surface area (Å²) in [6, 6.07) is 19.3. The summed E-state index contributed by atoms with van der Waals surface area (Å²) in [4.78, 5) is 16.1. The van der Waals surface area contributed by atoms with Gasteiger partial charge in [-0.25, -0.2) is 9.78 Å². The van der Waals surface area contributed by atoms with E-state index in [2.05, 4.69) is 4.98 Å². The van der Waals surface area contributed by atoms with Gasteiger partial charge in [-0.3, -0.25) is 0 Å². The summed E-state index contributed by atoms with van der Waals surface area (Å²) in [5.74, 6) is 0.450. The van der Waals surface area contributed by atoms with Crippen molar-refractivity contribution in [1.82, 2.24) is 4.98 Å². The molecule has 0 unspecified atom stereocenters. The van der Waals surface area contributed by atoms with Gasteiger partial charge in [-0.2, -0.15) is 13.2 Å². The van der Waals surface area contributed by atoms with Gasteiger partial charge in [0.1, 0.15) is 34.5 Å². The number of carboxylic acid groups (broad SMARTS) is 1. The van der Waals surface area contributed by atoms with E-state index in [9.17, 15) is 18.0 Å². The van der Waals surface area contributed by atoms with Gasteiger partial charge in [-0.05, 0) is 55.0 Å². The van der Waals surface area contributed by atoms with E-state index in [-0.39, 0.29) is 6.61 Å². The molecule has 2 heterocycles. The Labute approximate surface area is 218 Å². The van der Waals surface area contributed by atoms with Gasteiger partial charge in [-0.15, -0.1) is 11.3 Å². The number of nitrogens with zero attached hydrogens (tertiary/aromatic N) is 1. The lowest BCUT2D eigenvalue weighted by Gasteiger charge is -2.09. The third-order valence-corrected chi connectivity index (χ3v) is 6.71. The second-order valence-corrected chi connectivity index (χ2v) is 9.49. The number of carbonyl (C=O) groups is 1. The number of rotatable bonds is 8. The Morgan fingerprint density at radius 2 is 1.79 bits per heavy atom. The van der Waals surface area contributed by atoms with Crippen molar-refractivity contribution in [1.29, 1.82) is 0 Å². The van der Waals surface area contributed by atoms with E-state index in [4.69, 9.17) is 19.0 Å². The maximum atomic E-state index is 13.1. The van der Waals surface area contributed by atoms with Gasteiger partial charge in [-0.1, -0.05) is 30.3 Å². The van der Waals surface area contributed by atoms with Gasteiger partial charge in [0.15, 0.2) is 6.61 Å². The predicted octanol–water partition coefficient (Wildman–Crippen LogP) is 7.59. The second-order valence-electron chi connectivity index (χ2n) is 8.41. The molecule has 194 valence electrons. The fourth-order valence-corrected chi connectivity index (χ4v) is 4.81. The third-order valence-electron chi connectivity index (χ3n) is 5.67. The predicted molar refractivity (Wildman–Crippen MR) is 136 cm³/mol. The van der Waals surface area contributed by atoms with Crippen LogP contribution in [0.4, 0.5) is 13.2 Å². The molecule has 0 fully saturated rings. The molecule has 3 aromatic carbocycles. The van der Waals surface area contributed by atoms with Crippen molar-refractivity contribution in [2.75, 3.05) is 6.61 Å². The van der Waals surface area contributed by atoms with E-state index in [1.807, 2.05) is 30.3 Å². The number of furan rings is 1. The van der Waals surface area contributed by atoms with Crippen molar-refractivity contribution in [2.24, 2.45) is 0 Å². The highest BCUT2D eigenvalue weighted by Crippen LogP contribution is 2.40. The van der Waals surface area contributed by atoms with Crippen LogP contribution in [0.5, 0.6) is 11.5 Å². The van der Waals surface area contributed by atoms with E-state index in [1.165, 1.54) is 23.5 Å². The zero-order valence-electron chi connectivity index (χ0n) is 19.9. The molecule has 0 atom stereocenters. The van der Waals surface area contributed by atoms with Crippen LogP contribution in [-0.2, 0) is 17.6 Å². The average Bonchev–Trinajstić information content (AvgIpc) is 3.51. The molecule has 5 aromatic rings. The lowest BCUT2D eigenvalue weighted by Crippen LogP contribution is -2.10. The van der Waals surface area contributed by atoms with Crippen molar-refractivity contribution in [2.45, 2.75) is 19.7 Å². The van der Waals surface area contributed by atoms with Crippen LogP contribution in [0.2, 0.25) is 0 Å². The third kappa shape index (κ3) is 5.50. The number of halogens is 3. The summed E-state index contributed by atoms with van der Waals surface area (Å²) < 4.78 is 56.5. The van der Waals surface area contributed by atoms with Crippen molar-refractivity contribution < 1.29 is 37.0 Å². The maximum Gasteiger partial charge on any atom is 0.416 e. The molecule has 0 saturated heterocycles. The van der Waals surface area contributed by atoms with E-state index < -0.39 is 24.3 Å². The summed E-state index contributed by atoms with van der Waals surface area (Å²) in [6.07, 6.45) is -4.44. The molecule has 0 saturated carbocycles. The lowest BCUT2D eigenvalue weighted by molar-refractivity contribution is -0.139. The molecular formula is C28H20F3NO5S. The Kier molecular flexibility index (Phi) is 6.81. The number of fused-ring (bicyclic) bond motifs is 1. The summed E-state index contributed by atoms with van der Waals surface area (Å²) in [6.45, 7) is 1.43. The van der Waals surface area contributed by atoms with E-state index >= 15 is 0 Å². The molecule has 38 heavy (non-hydrogen) atoms. The Balaban J connectivity index is 1.44. The van der Waals surface area contributed by atoms with E-state index in [0.717, 1.165) is 17.5 Å². The van der Waals surface area contributed by atoms with Gasteiger partial charge in [0, 0.05) is 10.9 Å². The average molecular weight is 540 g/mol. The molecule has 0 aliphatic carbocycles. The molecule has 0 bridgehead atoms. The standard InChI is InChI=1S/C28H20F3NO5S/c1-16-12-20(10-11-21(16)36-15-25(33)34)35-14-24-32-26(17-6-8-19(9-7-17)28(29,30)31)27(38-24)23-13-18-4-2-3-5-22(18)37-23/h2-13H,14-15H2,1H3,(H,33,34). The monoisotopic (exact) mass is 539 g/mol. The number of alkyl halides is 3. The minimum Gasteiger partial charge on any atom is -0.486 e. The van der Waals surface area contributed by atoms with Gasteiger partial charge in [0.25, 0.3) is 0 Å². The topological polar surface area (TPSA) is 81.8 Å². The Bertz CT molecular complexity index is 1570. The number of benzene rings is 3. The number of hydrogen-bond acceptors (Lipinski definition) is 6. The number of carboxylic acids is 1. The molecule has 6 nitrogen and oxygen atoms in total. The number of para-hydroxylation sites is 1. The number of ether oxygens (including phenoxy) is 2.